The fraction of sp³-hybridized carbons (Fsp3) is 0.400. The molecule has 142 valence electrons. The predicted octanol–water partition coefficient (Wildman–Crippen LogP) is 3.16. The molecule has 27 heavy (non-hydrogen) atoms. The quantitative estimate of drug-likeness (QED) is 0.846. The Hall–Kier alpha value is -2.54. The van der Waals surface area contributed by atoms with Crippen LogP contribution in [0, 0.1) is 0 Å². The summed E-state index contributed by atoms with van der Waals surface area (Å²) in [6.07, 6.45) is 3.27. The second kappa shape index (κ2) is 7.60. The number of aryl methyl sites for hydroxylation is 1. The number of carbonyl (C=O) groups excluding carboxylic acids is 2. The molecule has 1 aromatic heterocycles. The van der Waals surface area contributed by atoms with E-state index in [9.17, 15) is 9.59 Å². The Balaban J connectivity index is 1.56. The minimum absolute atomic E-state index is 0.127. The van der Waals surface area contributed by atoms with Gasteiger partial charge in [-0.3, -0.25) is 9.59 Å². The number of amides is 2. The molecule has 0 saturated heterocycles. The van der Waals surface area contributed by atoms with Crippen LogP contribution in [-0.2, 0) is 17.6 Å². The zero-order chi connectivity index (χ0) is 18.8. The number of thiophene rings is 1. The molecule has 0 spiro atoms. The number of hydrogen-bond donors (Lipinski definition) is 2. The van der Waals surface area contributed by atoms with Gasteiger partial charge in [-0.25, -0.2) is 0 Å². The average Bonchev–Trinajstić information content (AvgIpc) is 3.05. The van der Waals surface area contributed by atoms with Crippen LogP contribution in [0.5, 0.6) is 11.5 Å². The number of para-hydroxylation sites is 2. The van der Waals surface area contributed by atoms with Crippen molar-refractivity contribution in [2.24, 2.45) is 0 Å². The second-order valence-corrected chi connectivity index (χ2v) is 7.73. The van der Waals surface area contributed by atoms with E-state index in [2.05, 4.69) is 10.6 Å². The normalized spacial score (nSPS) is 17.7. The van der Waals surface area contributed by atoms with Crippen LogP contribution in [0.2, 0.25) is 0 Å². The molecule has 0 bridgehead atoms. The molecule has 0 radical (unpaired) electrons. The topological polar surface area (TPSA) is 76.7 Å². The maximum absolute atomic E-state index is 12.8. The molecule has 0 unspecified atom stereocenters. The van der Waals surface area contributed by atoms with Gasteiger partial charge in [0.2, 0.25) is 6.10 Å². The van der Waals surface area contributed by atoms with Crippen molar-refractivity contribution in [3.05, 3.63) is 40.3 Å². The third kappa shape index (κ3) is 3.51. The summed E-state index contributed by atoms with van der Waals surface area (Å²) < 4.78 is 11.4. The first-order chi connectivity index (χ1) is 13.2. The van der Waals surface area contributed by atoms with E-state index >= 15 is 0 Å². The summed E-state index contributed by atoms with van der Waals surface area (Å²) in [4.78, 5) is 26.6. The summed E-state index contributed by atoms with van der Waals surface area (Å²) in [6, 6.07) is 7.28. The number of anilines is 1. The molecule has 4 rings (SSSR count). The van der Waals surface area contributed by atoms with Crippen LogP contribution in [0.15, 0.2) is 24.3 Å². The van der Waals surface area contributed by atoms with Crippen LogP contribution < -0.4 is 20.1 Å². The molecule has 6 nitrogen and oxygen atoms in total. The Morgan fingerprint density at radius 3 is 2.78 bits per heavy atom. The highest BCUT2D eigenvalue weighted by molar-refractivity contribution is 7.17. The first-order valence-corrected chi connectivity index (χ1v) is 10.1. The van der Waals surface area contributed by atoms with Gasteiger partial charge in [0.1, 0.15) is 11.6 Å². The average molecular weight is 386 g/mol. The Morgan fingerprint density at radius 1 is 1.19 bits per heavy atom. The zero-order valence-electron chi connectivity index (χ0n) is 15.2. The Morgan fingerprint density at radius 2 is 1.96 bits per heavy atom. The molecule has 1 aliphatic carbocycles. The maximum Gasteiger partial charge on any atom is 0.269 e. The smallest absolute Gasteiger partial charge is 0.269 e. The van der Waals surface area contributed by atoms with Gasteiger partial charge >= 0.3 is 0 Å². The number of nitrogens with one attached hydrogen (secondary N) is 2. The summed E-state index contributed by atoms with van der Waals surface area (Å²) in [6.45, 7) is 2.58. The summed E-state index contributed by atoms with van der Waals surface area (Å²) in [5.41, 5.74) is 1.70. The highest BCUT2D eigenvalue weighted by Crippen LogP contribution is 2.38. The van der Waals surface area contributed by atoms with Gasteiger partial charge in [-0.1, -0.05) is 12.1 Å². The van der Waals surface area contributed by atoms with Crippen LogP contribution in [0.3, 0.4) is 0 Å². The predicted molar refractivity (Wildman–Crippen MR) is 104 cm³/mol. The van der Waals surface area contributed by atoms with Gasteiger partial charge in [0.05, 0.1) is 5.56 Å². The lowest BCUT2D eigenvalue weighted by Gasteiger charge is -2.25. The van der Waals surface area contributed by atoms with E-state index in [0.717, 1.165) is 31.2 Å². The third-order valence-electron chi connectivity index (χ3n) is 4.77. The largest absolute Gasteiger partial charge is 0.485 e. The van der Waals surface area contributed by atoms with Crippen molar-refractivity contribution in [2.45, 2.75) is 38.7 Å². The minimum Gasteiger partial charge on any atom is -0.485 e. The van der Waals surface area contributed by atoms with Crippen molar-refractivity contribution in [3.63, 3.8) is 0 Å². The fourth-order valence-electron chi connectivity index (χ4n) is 3.48. The molecule has 2 N–H and O–H groups in total. The Kier molecular flexibility index (Phi) is 5.03. The lowest BCUT2D eigenvalue weighted by atomic mass is 9.95. The van der Waals surface area contributed by atoms with Gasteiger partial charge in [-0.05, 0) is 50.3 Å². The van der Waals surface area contributed by atoms with Crippen molar-refractivity contribution < 1.29 is 19.1 Å². The number of fused-ring (bicyclic) bond motifs is 2. The third-order valence-corrected chi connectivity index (χ3v) is 5.98. The summed E-state index contributed by atoms with van der Waals surface area (Å²) >= 11 is 1.50. The number of benzene rings is 1. The number of hydrogen-bond acceptors (Lipinski definition) is 5. The highest BCUT2D eigenvalue weighted by atomic mass is 32.1. The van der Waals surface area contributed by atoms with Crippen LogP contribution >= 0.6 is 11.3 Å². The molecular formula is C20H22N2O4S. The molecule has 0 fully saturated rings. The van der Waals surface area contributed by atoms with Gasteiger partial charge in [0.25, 0.3) is 11.8 Å². The number of rotatable bonds is 4. The molecule has 0 saturated carbocycles. The second-order valence-electron chi connectivity index (χ2n) is 6.63. The van der Waals surface area contributed by atoms with Gasteiger partial charge < -0.3 is 20.1 Å². The van der Waals surface area contributed by atoms with Crippen molar-refractivity contribution in [3.8, 4) is 11.5 Å². The minimum atomic E-state index is -0.749. The molecule has 2 aromatic rings. The summed E-state index contributed by atoms with van der Waals surface area (Å²) in [5, 5.41) is 6.40. The van der Waals surface area contributed by atoms with E-state index in [4.69, 9.17) is 9.47 Å². The van der Waals surface area contributed by atoms with Crippen LogP contribution in [-0.4, -0.2) is 31.1 Å². The van der Waals surface area contributed by atoms with Crippen LogP contribution in [0.4, 0.5) is 5.00 Å². The van der Waals surface area contributed by atoms with Crippen LogP contribution in [0.1, 0.15) is 40.6 Å². The fourth-order valence-corrected chi connectivity index (χ4v) is 4.77. The van der Waals surface area contributed by atoms with E-state index in [-0.39, 0.29) is 18.4 Å². The zero-order valence-corrected chi connectivity index (χ0v) is 16.0. The highest BCUT2D eigenvalue weighted by Gasteiger charge is 2.31. The van der Waals surface area contributed by atoms with Gasteiger partial charge in [0, 0.05) is 11.4 Å². The lowest BCUT2D eigenvalue weighted by molar-refractivity contribution is -0.125. The van der Waals surface area contributed by atoms with Gasteiger partial charge in [-0.2, -0.15) is 0 Å². The first-order valence-electron chi connectivity index (χ1n) is 9.29. The molecular weight excluding hydrogens is 364 g/mol. The standard InChI is InChI=1S/C20H22N2O4S/c1-2-21-19(24)17-12-7-3-6-10-16(12)27-20(17)22-18(23)15-11-25-13-8-4-5-9-14(13)26-15/h4-5,8-9,15H,2-3,6-7,10-11H2,1H3,(H,21,24)(H,22,23)/t15-/m1/s1. The van der Waals surface area contributed by atoms with Gasteiger partial charge in [0.15, 0.2) is 11.5 Å². The lowest BCUT2D eigenvalue weighted by Crippen LogP contribution is -2.40. The maximum atomic E-state index is 12.8. The monoisotopic (exact) mass is 386 g/mol. The molecule has 1 aliphatic heterocycles. The van der Waals surface area contributed by atoms with Crippen molar-refractivity contribution in [1.29, 1.82) is 0 Å². The Bertz CT molecular complexity index is 877. The SMILES string of the molecule is CCNC(=O)c1c(NC(=O)[C@H]2COc3ccccc3O2)sc2c1CCCC2. The first kappa shape index (κ1) is 17.9. The van der Waals surface area contributed by atoms with E-state index in [1.807, 2.05) is 25.1 Å². The van der Waals surface area contributed by atoms with Crippen molar-refractivity contribution in [2.75, 3.05) is 18.5 Å². The molecule has 7 heteroatoms. The van der Waals surface area contributed by atoms with Crippen LogP contribution in [0.25, 0.3) is 0 Å². The summed E-state index contributed by atoms with van der Waals surface area (Å²) in [7, 11) is 0. The molecule has 2 heterocycles. The Labute approximate surface area is 161 Å². The van der Waals surface area contributed by atoms with Crippen molar-refractivity contribution in [1.82, 2.24) is 5.32 Å². The summed E-state index contributed by atoms with van der Waals surface area (Å²) in [5.74, 6) is 0.765. The van der Waals surface area contributed by atoms with E-state index in [0.29, 0.717) is 28.6 Å². The van der Waals surface area contributed by atoms with E-state index in [1.54, 1.807) is 6.07 Å². The molecule has 2 amide bonds. The molecule has 1 atom stereocenters. The molecule has 1 aromatic carbocycles. The number of ether oxygens (including phenoxy) is 2. The number of carbonyl (C=O) groups is 2. The van der Waals surface area contributed by atoms with Gasteiger partial charge in [-0.15, -0.1) is 11.3 Å². The van der Waals surface area contributed by atoms with E-state index in [1.165, 1.54) is 16.2 Å². The molecule has 2 aliphatic rings. The van der Waals surface area contributed by atoms with E-state index < -0.39 is 6.10 Å². The van der Waals surface area contributed by atoms with Crippen molar-refractivity contribution >= 4 is 28.2 Å².